The van der Waals surface area contributed by atoms with Gasteiger partial charge in [0.2, 0.25) is 5.91 Å². The van der Waals surface area contributed by atoms with Crippen molar-refractivity contribution in [1.29, 1.82) is 0 Å². The van der Waals surface area contributed by atoms with E-state index in [0.717, 1.165) is 12.2 Å². The molecule has 0 aliphatic heterocycles. The minimum Gasteiger partial charge on any atom is -0.466 e. The Balaban J connectivity index is 3.74. The van der Waals surface area contributed by atoms with Crippen molar-refractivity contribution in [2.24, 2.45) is 5.92 Å². The third-order valence-electron chi connectivity index (χ3n) is 1.26. The van der Waals surface area contributed by atoms with E-state index in [2.05, 4.69) is 10.1 Å². The summed E-state index contributed by atoms with van der Waals surface area (Å²) in [5.74, 6) is -0.408. The minimum atomic E-state index is -0.528. The van der Waals surface area contributed by atoms with Crippen molar-refractivity contribution in [3.05, 3.63) is 12.2 Å². The molecule has 0 radical (unpaired) electrons. The van der Waals surface area contributed by atoms with Crippen LogP contribution >= 0.6 is 0 Å². The predicted molar refractivity (Wildman–Crippen MR) is 49.0 cm³/mol. The fourth-order valence-corrected chi connectivity index (χ4v) is 0.575. The highest BCUT2D eigenvalue weighted by Crippen LogP contribution is 1.87. The Morgan fingerprint density at radius 1 is 1.38 bits per heavy atom. The number of esters is 1. The monoisotopic (exact) mass is 185 g/mol. The van der Waals surface area contributed by atoms with E-state index in [-0.39, 0.29) is 5.91 Å². The quantitative estimate of drug-likeness (QED) is 0.512. The first-order valence-electron chi connectivity index (χ1n) is 4.10. The van der Waals surface area contributed by atoms with Crippen LogP contribution in [-0.2, 0) is 14.3 Å². The average Bonchev–Trinajstić information content (AvgIpc) is 2.10. The summed E-state index contributed by atoms with van der Waals surface area (Å²) in [5, 5.41) is 2.63. The molecule has 0 rings (SSSR count). The van der Waals surface area contributed by atoms with Gasteiger partial charge in [0.25, 0.3) is 0 Å². The lowest BCUT2D eigenvalue weighted by atomic mass is 10.2. The third-order valence-corrected chi connectivity index (χ3v) is 1.26. The number of hydrogen-bond acceptors (Lipinski definition) is 3. The number of hydrogen-bond donors (Lipinski definition) is 1. The van der Waals surface area contributed by atoms with E-state index in [1.807, 2.05) is 13.8 Å². The summed E-state index contributed by atoms with van der Waals surface area (Å²) >= 11 is 0. The van der Waals surface area contributed by atoms with Crippen molar-refractivity contribution in [2.75, 3.05) is 13.7 Å². The summed E-state index contributed by atoms with van der Waals surface area (Å²) < 4.78 is 4.32. The number of rotatable bonds is 4. The second kappa shape index (κ2) is 6.22. The van der Waals surface area contributed by atoms with Crippen molar-refractivity contribution < 1.29 is 14.3 Å². The van der Waals surface area contributed by atoms with Gasteiger partial charge in [0.05, 0.1) is 7.11 Å². The van der Waals surface area contributed by atoms with Crippen molar-refractivity contribution in [3.8, 4) is 0 Å². The standard InChI is InChI=1S/C9H15NO3/c1-7(2)6-10-8(11)4-5-9(12)13-3/h4-5,7H,6H2,1-3H3,(H,10,11)/b5-4-. The molecular formula is C9H15NO3. The van der Waals surface area contributed by atoms with E-state index in [9.17, 15) is 9.59 Å². The van der Waals surface area contributed by atoms with Gasteiger partial charge in [-0.15, -0.1) is 0 Å². The van der Waals surface area contributed by atoms with Gasteiger partial charge in [-0.2, -0.15) is 0 Å². The molecule has 74 valence electrons. The molecule has 0 saturated heterocycles. The zero-order valence-corrected chi connectivity index (χ0v) is 8.16. The summed E-state index contributed by atoms with van der Waals surface area (Å²) in [6.45, 7) is 4.58. The van der Waals surface area contributed by atoms with E-state index in [1.54, 1.807) is 0 Å². The number of carbonyl (C=O) groups is 2. The van der Waals surface area contributed by atoms with Crippen LogP contribution in [0.15, 0.2) is 12.2 Å². The Labute approximate surface area is 78.0 Å². The molecule has 0 heterocycles. The SMILES string of the molecule is COC(=O)/C=C\C(=O)NCC(C)C. The summed E-state index contributed by atoms with van der Waals surface area (Å²) in [4.78, 5) is 21.5. The van der Waals surface area contributed by atoms with Crippen LogP contribution in [0.25, 0.3) is 0 Å². The van der Waals surface area contributed by atoms with Crippen molar-refractivity contribution in [3.63, 3.8) is 0 Å². The maximum absolute atomic E-state index is 11.0. The Kier molecular flexibility index (Phi) is 5.59. The first-order valence-corrected chi connectivity index (χ1v) is 4.10. The molecule has 0 fully saturated rings. The van der Waals surface area contributed by atoms with Gasteiger partial charge < -0.3 is 10.1 Å². The molecular weight excluding hydrogens is 170 g/mol. The molecule has 0 saturated carbocycles. The molecule has 4 nitrogen and oxygen atoms in total. The smallest absolute Gasteiger partial charge is 0.330 e. The minimum absolute atomic E-state index is 0.279. The van der Waals surface area contributed by atoms with Crippen LogP contribution in [-0.4, -0.2) is 25.5 Å². The topological polar surface area (TPSA) is 55.4 Å². The Morgan fingerprint density at radius 3 is 2.46 bits per heavy atom. The molecule has 4 heteroatoms. The molecule has 0 aliphatic carbocycles. The Bertz CT molecular complexity index is 209. The lowest BCUT2D eigenvalue weighted by Crippen LogP contribution is -2.25. The third kappa shape index (κ3) is 7.05. The molecule has 1 amide bonds. The average molecular weight is 185 g/mol. The molecule has 1 N–H and O–H groups in total. The van der Waals surface area contributed by atoms with Crippen LogP contribution in [0.5, 0.6) is 0 Å². The van der Waals surface area contributed by atoms with Crippen molar-refractivity contribution in [1.82, 2.24) is 5.32 Å². The molecule has 0 aromatic heterocycles. The van der Waals surface area contributed by atoms with Crippen LogP contribution in [0.3, 0.4) is 0 Å². The van der Waals surface area contributed by atoms with Crippen LogP contribution in [0.2, 0.25) is 0 Å². The summed E-state index contributed by atoms with van der Waals surface area (Å²) in [6, 6.07) is 0. The molecule has 0 spiro atoms. The molecule has 0 bridgehead atoms. The van der Waals surface area contributed by atoms with Crippen LogP contribution in [0, 0.1) is 5.92 Å². The molecule has 13 heavy (non-hydrogen) atoms. The zero-order chi connectivity index (χ0) is 10.3. The number of methoxy groups -OCH3 is 1. The second-order valence-corrected chi connectivity index (χ2v) is 3.00. The maximum atomic E-state index is 11.0. The second-order valence-electron chi connectivity index (χ2n) is 3.00. The van der Waals surface area contributed by atoms with Crippen molar-refractivity contribution in [2.45, 2.75) is 13.8 Å². The van der Waals surface area contributed by atoms with Gasteiger partial charge in [0.15, 0.2) is 0 Å². The highest BCUT2D eigenvalue weighted by Gasteiger charge is 1.98. The number of nitrogens with one attached hydrogen (secondary N) is 1. The van der Waals surface area contributed by atoms with Gasteiger partial charge in [-0.25, -0.2) is 4.79 Å². The van der Waals surface area contributed by atoms with E-state index >= 15 is 0 Å². The van der Waals surface area contributed by atoms with Crippen molar-refractivity contribution >= 4 is 11.9 Å². The number of ether oxygens (including phenoxy) is 1. The Hall–Kier alpha value is -1.32. The fraction of sp³-hybridized carbons (Fsp3) is 0.556. The van der Waals surface area contributed by atoms with Crippen LogP contribution in [0.4, 0.5) is 0 Å². The fourth-order valence-electron chi connectivity index (χ4n) is 0.575. The maximum Gasteiger partial charge on any atom is 0.330 e. The molecule has 0 unspecified atom stereocenters. The van der Waals surface area contributed by atoms with E-state index < -0.39 is 5.97 Å². The highest BCUT2D eigenvalue weighted by molar-refractivity contribution is 5.94. The van der Waals surface area contributed by atoms with Gasteiger partial charge in [-0.1, -0.05) is 13.8 Å². The van der Waals surface area contributed by atoms with Crippen LogP contribution in [0.1, 0.15) is 13.8 Å². The molecule has 0 atom stereocenters. The van der Waals surface area contributed by atoms with Gasteiger partial charge in [-0.05, 0) is 5.92 Å². The lowest BCUT2D eigenvalue weighted by molar-refractivity contribution is -0.135. The predicted octanol–water partition coefficient (Wildman–Crippen LogP) is 0.488. The summed E-state index contributed by atoms with van der Waals surface area (Å²) in [5.41, 5.74) is 0. The van der Waals surface area contributed by atoms with E-state index in [4.69, 9.17) is 0 Å². The molecule has 0 aliphatic rings. The first kappa shape index (κ1) is 11.7. The van der Waals surface area contributed by atoms with E-state index in [0.29, 0.717) is 12.5 Å². The van der Waals surface area contributed by atoms with Gasteiger partial charge in [-0.3, -0.25) is 4.79 Å². The number of carbonyl (C=O) groups excluding carboxylic acids is 2. The van der Waals surface area contributed by atoms with Gasteiger partial charge >= 0.3 is 5.97 Å². The molecule has 0 aromatic carbocycles. The summed E-state index contributed by atoms with van der Waals surface area (Å²) in [6.07, 6.45) is 2.25. The first-order chi connectivity index (χ1) is 6.06. The largest absolute Gasteiger partial charge is 0.466 e. The van der Waals surface area contributed by atoms with E-state index in [1.165, 1.54) is 7.11 Å². The van der Waals surface area contributed by atoms with Gasteiger partial charge in [0, 0.05) is 18.7 Å². The highest BCUT2D eigenvalue weighted by atomic mass is 16.5. The van der Waals surface area contributed by atoms with Gasteiger partial charge in [0.1, 0.15) is 0 Å². The number of amides is 1. The normalized spacial score (nSPS) is 10.5. The zero-order valence-electron chi connectivity index (χ0n) is 8.16. The Morgan fingerprint density at radius 2 is 2.00 bits per heavy atom. The lowest BCUT2D eigenvalue weighted by Gasteiger charge is -2.03. The van der Waals surface area contributed by atoms with Crippen LogP contribution < -0.4 is 5.32 Å². The summed E-state index contributed by atoms with van der Waals surface area (Å²) in [7, 11) is 1.26. The molecule has 0 aromatic rings.